The largest absolute Gasteiger partial charge is 0.416 e. The smallest absolute Gasteiger partial charge is 0.366 e. The third-order valence-corrected chi connectivity index (χ3v) is 3.04. The first kappa shape index (κ1) is 15.8. The summed E-state index contributed by atoms with van der Waals surface area (Å²) in [7, 11) is 3.21. The topological polar surface area (TPSA) is 59.2 Å². The van der Waals surface area contributed by atoms with Gasteiger partial charge in [0.1, 0.15) is 5.82 Å². The van der Waals surface area contributed by atoms with Gasteiger partial charge >= 0.3 is 6.18 Å². The fourth-order valence-electron chi connectivity index (χ4n) is 1.89. The number of carbonyl (C=O) groups excluding carboxylic acids is 1. The van der Waals surface area contributed by atoms with Gasteiger partial charge in [-0.05, 0) is 24.3 Å². The summed E-state index contributed by atoms with van der Waals surface area (Å²) in [6.45, 7) is 0. The Bertz CT molecular complexity index is 711. The van der Waals surface area contributed by atoms with Gasteiger partial charge in [0.25, 0.3) is 0 Å². The molecule has 0 aliphatic rings. The Morgan fingerprint density at radius 3 is 2.41 bits per heavy atom. The number of benzene rings is 1. The highest BCUT2D eigenvalue weighted by Crippen LogP contribution is 2.33. The number of hydrogen-bond donors (Lipinski definition) is 1. The van der Waals surface area contributed by atoms with E-state index in [0.29, 0.717) is 5.56 Å². The van der Waals surface area contributed by atoms with Gasteiger partial charge in [-0.2, -0.15) is 13.2 Å². The molecule has 2 N–H and O–H groups in total. The lowest BCUT2D eigenvalue weighted by Crippen LogP contribution is -2.14. The van der Waals surface area contributed by atoms with Crippen molar-refractivity contribution in [2.45, 2.75) is 6.18 Å². The zero-order valence-corrected chi connectivity index (χ0v) is 12.0. The molecule has 0 bridgehead atoms. The molecule has 2 aromatic rings. The molecule has 0 aliphatic carbocycles. The van der Waals surface area contributed by atoms with Crippen LogP contribution < -0.4 is 10.6 Å². The average Bonchev–Trinajstić information content (AvgIpc) is 2.46. The van der Waals surface area contributed by atoms with Gasteiger partial charge in [-0.25, -0.2) is 4.98 Å². The van der Waals surface area contributed by atoms with Crippen LogP contribution in [-0.2, 0) is 6.18 Å². The van der Waals surface area contributed by atoms with Crippen molar-refractivity contribution in [1.82, 2.24) is 4.98 Å². The number of carbonyl (C=O) groups is 1. The molecule has 1 aromatic carbocycles. The molecule has 1 amide bonds. The Labute approximate surface area is 125 Å². The van der Waals surface area contributed by atoms with Gasteiger partial charge in [-0.15, -0.1) is 0 Å². The molecule has 2 rings (SSSR count). The number of amides is 1. The molecule has 7 heteroatoms. The maximum Gasteiger partial charge on any atom is 0.416 e. The third-order valence-electron chi connectivity index (χ3n) is 3.04. The van der Waals surface area contributed by atoms with Crippen LogP contribution in [0.1, 0.15) is 15.9 Å². The monoisotopic (exact) mass is 309 g/mol. The van der Waals surface area contributed by atoms with Crippen molar-refractivity contribution in [2.24, 2.45) is 5.73 Å². The number of aromatic nitrogens is 1. The maximum atomic E-state index is 13.0. The summed E-state index contributed by atoms with van der Waals surface area (Å²) in [6.07, 6.45) is -4.48. The zero-order valence-electron chi connectivity index (χ0n) is 12.0. The molecule has 0 saturated heterocycles. The fourth-order valence-corrected chi connectivity index (χ4v) is 1.89. The Morgan fingerprint density at radius 2 is 1.86 bits per heavy atom. The Hall–Kier alpha value is -2.57. The van der Waals surface area contributed by atoms with E-state index in [4.69, 9.17) is 5.73 Å². The quantitative estimate of drug-likeness (QED) is 0.948. The predicted octanol–water partition coefficient (Wildman–Crippen LogP) is 2.93. The summed E-state index contributed by atoms with van der Waals surface area (Å²) < 4.78 is 39.0. The lowest BCUT2D eigenvalue weighted by atomic mass is 10.1. The zero-order chi connectivity index (χ0) is 16.5. The number of rotatable bonds is 3. The van der Waals surface area contributed by atoms with E-state index in [0.717, 1.165) is 12.1 Å². The summed E-state index contributed by atoms with van der Waals surface area (Å²) >= 11 is 0. The highest BCUT2D eigenvalue weighted by molar-refractivity contribution is 5.94. The molecular formula is C15H14F3N3O. The molecule has 0 fully saturated rings. The summed E-state index contributed by atoms with van der Waals surface area (Å²) in [5, 5.41) is 0. The van der Waals surface area contributed by atoms with Crippen LogP contribution in [0.3, 0.4) is 0 Å². The lowest BCUT2D eigenvalue weighted by Gasteiger charge is -2.16. The summed E-state index contributed by atoms with van der Waals surface area (Å²) in [6, 6.07) is 7.96. The van der Waals surface area contributed by atoms with Gasteiger partial charge in [0.15, 0.2) is 0 Å². The van der Waals surface area contributed by atoms with Crippen molar-refractivity contribution in [3.8, 4) is 11.3 Å². The van der Waals surface area contributed by atoms with Crippen molar-refractivity contribution in [2.75, 3.05) is 19.0 Å². The van der Waals surface area contributed by atoms with E-state index in [9.17, 15) is 18.0 Å². The van der Waals surface area contributed by atoms with Gasteiger partial charge in [0, 0.05) is 25.2 Å². The average molecular weight is 309 g/mol. The second-order valence-corrected chi connectivity index (χ2v) is 4.94. The minimum atomic E-state index is -4.48. The molecule has 116 valence electrons. The van der Waals surface area contributed by atoms with E-state index in [1.54, 1.807) is 26.2 Å². The number of halogens is 3. The molecular weight excluding hydrogens is 295 g/mol. The van der Waals surface area contributed by atoms with Gasteiger partial charge in [-0.1, -0.05) is 12.1 Å². The van der Waals surface area contributed by atoms with Gasteiger partial charge in [0.05, 0.1) is 11.3 Å². The number of primary amides is 1. The van der Waals surface area contributed by atoms with Crippen molar-refractivity contribution in [1.29, 1.82) is 0 Å². The Balaban J connectivity index is 2.62. The molecule has 0 atom stereocenters. The number of hydrogen-bond acceptors (Lipinski definition) is 3. The van der Waals surface area contributed by atoms with Crippen LogP contribution >= 0.6 is 0 Å². The first-order valence-corrected chi connectivity index (χ1v) is 6.35. The normalized spacial score (nSPS) is 11.3. The maximum absolute atomic E-state index is 13.0. The highest BCUT2D eigenvalue weighted by Gasteiger charge is 2.32. The number of nitrogens with two attached hydrogens (primary N) is 1. The Kier molecular flexibility index (Phi) is 4.07. The van der Waals surface area contributed by atoms with Crippen molar-refractivity contribution < 1.29 is 18.0 Å². The molecule has 22 heavy (non-hydrogen) atoms. The van der Waals surface area contributed by atoms with Crippen molar-refractivity contribution >= 4 is 11.7 Å². The van der Waals surface area contributed by atoms with Gasteiger partial charge in [0.2, 0.25) is 5.91 Å². The molecule has 1 aromatic heterocycles. The van der Waals surface area contributed by atoms with Crippen LogP contribution in [0.2, 0.25) is 0 Å². The van der Waals surface area contributed by atoms with E-state index in [1.165, 1.54) is 17.0 Å². The molecule has 4 nitrogen and oxygen atoms in total. The van der Waals surface area contributed by atoms with Gasteiger partial charge in [-0.3, -0.25) is 4.79 Å². The van der Waals surface area contributed by atoms with Crippen LogP contribution in [0, 0.1) is 0 Å². The number of anilines is 1. The Morgan fingerprint density at radius 1 is 1.18 bits per heavy atom. The first-order chi connectivity index (χ1) is 10.2. The number of alkyl halides is 3. The minimum Gasteiger partial charge on any atom is -0.366 e. The van der Waals surface area contributed by atoms with Crippen LogP contribution in [0.15, 0.2) is 36.4 Å². The van der Waals surface area contributed by atoms with E-state index in [2.05, 4.69) is 4.98 Å². The second kappa shape index (κ2) is 5.67. The number of pyridine rings is 1. The summed E-state index contributed by atoms with van der Waals surface area (Å²) in [5.41, 5.74) is 5.12. The highest BCUT2D eigenvalue weighted by atomic mass is 19.4. The van der Waals surface area contributed by atoms with E-state index in [-0.39, 0.29) is 17.1 Å². The first-order valence-electron chi connectivity index (χ1n) is 6.35. The summed E-state index contributed by atoms with van der Waals surface area (Å²) in [5.74, 6) is -0.476. The van der Waals surface area contributed by atoms with Crippen molar-refractivity contribution in [3.05, 3.63) is 47.5 Å². The minimum absolute atomic E-state index is 0.127. The third kappa shape index (κ3) is 3.36. The van der Waals surface area contributed by atoms with Crippen molar-refractivity contribution in [3.63, 3.8) is 0 Å². The lowest BCUT2D eigenvalue weighted by molar-refractivity contribution is -0.137. The second-order valence-electron chi connectivity index (χ2n) is 4.94. The molecule has 1 heterocycles. The van der Waals surface area contributed by atoms with E-state index >= 15 is 0 Å². The molecule has 0 unspecified atom stereocenters. The molecule has 0 saturated carbocycles. The standard InChI is InChI=1S/C15H14F3N3O/c1-21(2)13-8-11(15(16,17)18)7-12(20-13)9-4-3-5-10(6-9)14(19)22/h3-8H,1-2H3,(H2,19,22). The molecule has 0 aliphatic heterocycles. The SMILES string of the molecule is CN(C)c1cc(C(F)(F)F)cc(-c2cccc(C(N)=O)c2)n1. The van der Waals surface area contributed by atoms with Crippen LogP contribution in [0.5, 0.6) is 0 Å². The van der Waals surface area contributed by atoms with Crippen LogP contribution in [0.25, 0.3) is 11.3 Å². The molecule has 0 spiro atoms. The van der Waals surface area contributed by atoms with E-state index in [1.807, 2.05) is 0 Å². The van der Waals surface area contributed by atoms with Crippen LogP contribution in [0.4, 0.5) is 19.0 Å². The van der Waals surface area contributed by atoms with Crippen LogP contribution in [-0.4, -0.2) is 25.0 Å². The fraction of sp³-hybridized carbons (Fsp3) is 0.200. The van der Waals surface area contributed by atoms with E-state index < -0.39 is 17.6 Å². The summed E-state index contributed by atoms with van der Waals surface area (Å²) in [4.78, 5) is 16.9. The van der Waals surface area contributed by atoms with Gasteiger partial charge < -0.3 is 10.6 Å². The molecule has 0 radical (unpaired) electrons. The number of nitrogens with zero attached hydrogens (tertiary/aromatic N) is 2. The predicted molar refractivity (Wildman–Crippen MR) is 77.5 cm³/mol.